The molecule has 0 aromatic carbocycles. The molecule has 5 fully saturated rings. The van der Waals surface area contributed by atoms with E-state index in [2.05, 4.69) is 0 Å². The molecule has 3 saturated heterocycles. The average molecular weight is 352 g/mol. The molecule has 3 heterocycles. The van der Waals surface area contributed by atoms with Gasteiger partial charge in [0.2, 0.25) is 0 Å². The third-order valence-electron chi connectivity index (χ3n) is 8.37. The zero-order valence-corrected chi connectivity index (χ0v) is 15.7. The minimum Gasteiger partial charge on any atom is -0.381 e. The monoisotopic (exact) mass is 352 g/mol. The molecule has 142 valence electrons. The van der Waals surface area contributed by atoms with Gasteiger partial charge in [0.25, 0.3) is 0 Å². The number of hydrogen-bond donors (Lipinski definition) is 1. The van der Waals surface area contributed by atoms with E-state index in [0.29, 0.717) is 43.0 Å². The van der Waals surface area contributed by atoms with Crippen LogP contribution in [0, 0.1) is 23.7 Å². The third kappa shape index (κ3) is 2.78. The van der Waals surface area contributed by atoms with Crippen LogP contribution >= 0.6 is 0 Å². The van der Waals surface area contributed by atoms with Gasteiger partial charge in [0.15, 0.2) is 0 Å². The summed E-state index contributed by atoms with van der Waals surface area (Å²) in [6.45, 7) is 3.13. The molecular formula is C20H34NO4+. The summed E-state index contributed by atoms with van der Waals surface area (Å²) in [5.74, 6) is 3.01. The number of quaternary nitrogens is 1. The summed E-state index contributed by atoms with van der Waals surface area (Å²) in [7, 11) is 3.81. The van der Waals surface area contributed by atoms with Gasteiger partial charge < -0.3 is 23.8 Å². The van der Waals surface area contributed by atoms with E-state index in [1.165, 1.54) is 38.8 Å². The van der Waals surface area contributed by atoms with Gasteiger partial charge in [-0.1, -0.05) is 0 Å². The second kappa shape index (κ2) is 6.75. The Morgan fingerprint density at radius 3 is 2.28 bits per heavy atom. The summed E-state index contributed by atoms with van der Waals surface area (Å²) in [5, 5.41) is 0. The highest BCUT2D eigenvalue weighted by molar-refractivity contribution is 4.98. The molecule has 1 N–H and O–H groups in total. The first-order valence-corrected chi connectivity index (χ1v) is 10.4. The lowest BCUT2D eigenvalue weighted by molar-refractivity contribution is -0.948. The van der Waals surface area contributed by atoms with E-state index >= 15 is 0 Å². The maximum atomic E-state index is 5.93. The van der Waals surface area contributed by atoms with E-state index in [4.69, 9.17) is 18.9 Å². The highest BCUT2D eigenvalue weighted by atomic mass is 16.7. The van der Waals surface area contributed by atoms with Crippen molar-refractivity contribution in [3.05, 3.63) is 0 Å². The lowest BCUT2D eigenvalue weighted by Crippen LogP contribution is -3.20. The topological polar surface area (TPSA) is 41.4 Å². The van der Waals surface area contributed by atoms with Gasteiger partial charge in [0.05, 0.1) is 43.5 Å². The summed E-state index contributed by atoms with van der Waals surface area (Å²) < 4.78 is 23.5. The van der Waals surface area contributed by atoms with Crippen molar-refractivity contribution in [1.82, 2.24) is 0 Å². The van der Waals surface area contributed by atoms with Gasteiger partial charge in [0, 0.05) is 38.4 Å². The number of piperidine rings is 2. The minimum absolute atomic E-state index is 0.356. The second-order valence-corrected chi connectivity index (χ2v) is 9.12. The molecule has 0 amide bonds. The van der Waals surface area contributed by atoms with Crippen LogP contribution in [0.1, 0.15) is 38.5 Å². The Labute approximate surface area is 151 Å². The van der Waals surface area contributed by atoms with E-state index in [9.17, 15) is 0 Å². The lowest BCUT2D eigenvalue weighted by atomic mass is 9.62. The normalized spacial score (nSPS) is 55.0. The van der Waals surface area contributed by atoms with E-state index in [-0.39, 0.29) is 0 Å². The zero-order valence-electron chi connectivity index (χ0n) is 15.7. The van der Waals surface area contributed by atoms with Gasteiger partial charge in [0.1, 0.15) is 6.79 Å². The van der Waals surface area contributed by atoms with Crippen molar-refractivity contribution in [2.24, 2.45) is 23.7 Å². The molecule has 10 unspecified atom stereocenters. The van der Waals surface area contributed by atoms with Gasteiger partial charge in [-0.3, -0.25) is 0 Å². The van der Waals surface area contributed by atoms with Crippen LogP contribution in [0.3, 0.4) is 0 Å². The van der Waals surface area contributed by atoms with Gasteiger partial charge in [-0.15, -0.1) is 0 Å². The maximum absolute atomic E-state index is 5.93. The van der Waals surface area contributed by atoms with Crippen molar-refractivity contribution < 1.29 is 23.8 Å². The Morgan fingerprint density at radius 1 is 0.800 bits per heavy atom. The predicted molar refractivity (Wildman–Crippen MR) is 92.4 cm³/mol. The molecular weight excluding hydrogens is 318 g/mol. The van der Waals surface area contributed by atoms with E-state index in [1.807, 2.05) is 19.1 Å². The average Bonchev–Trinajstić information content (AvgIpc) is 3.11. The summed E-state index contributed by atoms with van der Waals surface area (Å²) in [6.07, 6.45) is 9.04. The van der Waals surface area contributed by atoms with Gasteiger partial charge in [-0.25, -0.2) is 0 Å². The zero-order chi connectivity index (χ0) is 17.0. The number of nitrogens with one attached hydrogen (secondary N) is 1. The molecule has 2 saturated carbocycles. The van der Waals surface area contributed by atoms with Crippen LogP contribution in [0.2, 0.25) is 0 Å². The molecule has 10 atom stereocenters. The second-order valence-electron chi connectivity index (χ2n) is 9.12. The molecule has 5 rings (SSSR count). The number of hydrogen-bond acceptors (Lipinski definition) is 4. The van der Waals surface area contributed by atoms with Crippen LogP contribution in [-0.2, 0) is 18.9 Å². The number of fused-ring (bicyclic) bond motifs is 5. The highest BCUT2D eigenvalue weighted by Gasteiger charge is 2.55. The largest absolute Gasteiger partial charge is 0.381 e. The van der Waals surface area contributed by atoms with Crippen LogP contribution in [0.25, 0.3) is 0 Å². The van der Waals surface area contributed by atoms with Crippen LogP contribution in [0.5, 0.6) is 0 Å². The molecule has 5 aliphatic rings. The first-order chi connectivity index (χ1) is 12.3. The SMILES string of the molecule is COC1CCC(OC)C2C[NH+]3CCC4CC5OCOC5CC4C3CC12. The van der Waals surface area contributed by atoms with Gasteiger partial charge >= 0.3 is 0 Å². The quantitative estimate of drug-likeness (QED) is 0.801. The number of methoxy groups -OCH3 is 2. The molecule has 3 aliphatic heterocycles. The Kier molecular flexibility index (Phi) is 4.58. The molecule has 0 radical (unpaired) electrons. The summed E-state index contributed by atoms with van der Waals surface area (Å²) >= 11 is 0. The van der Waals surface area contributed by atoms with Crippen LogP contribution < -0.4 is 4.90 Å². The standard InChI is InChI=1S/C20H33NO4/c1-22-17-3-4-18(23-2)15-10-21-6-5-12-7-19-20(25-11-24-19)9-13(12)16(21)8-14(15)17/h12-20H,3-11H2,1-2H3/p+1. The lowest BCUT2D eigenvalue weighted by Gasteiger charge is -2.55. The summed E-state index contributed by atoms with van der Waals surface area (Å²) in [4.78, 5) is 1.85. The number of ether oxygens (including phenoxy) is 4. The molecule has 5 heteroatoms. The van der Waals surface area contributed by atoms with Gasteiger partial charge in [-0.05, 0) is 38.0 Å². The molecule has 0 spiro atoms. The molecule has 5 nitrogen and oxygen atoms in total. The van der Waals surface area contributed by atoms with Crippen LogP contribution in [0.4, 0.5) is 0 Å². The maximum Gasteiger partial charge on any atom is 0.147 e. The molecule has 2 aliphatic carbocycles. The molecule has 0 aromatic rings. The highest BCUT2D eigenvalue weighted by Crippen LogP contribution is 2.45. The van der Waals surface area contributed by atoms with E-state index in [1.54, 1.807) is 0 Å². The Hall–Kier alpha value is -0.200. The summed E-state index contributed by atoms with van der Waals surface area (Å²) in [5.41, 5.74) is 0. The Morgan fingerprint density at radius 2 is 1.52 bits per heavy atom. The first-order valence-electron chi connectivity index (χ1n) is 10.4. The van der Waals surface area contributed by atoms with Crippen molar-refractivity contribution in [1.29, 1.82) is 0 Å². The van der Waals surface area contributed by atoms with E-state index < -0.39 is 0 Å². The molecule has 0 bridgehead atoms. The predicted octanol–water partition coefficient (Wildman–Crippen LogP) is 0.871. The fraction of sp³-hybridized carbons (Fsp3) is 1.00. The van der Waals surface area contributed by atoms with Crippen molar-refractivity contribution in [3.63, 3.8) is 0 Å². The van der Waals surface area contributed by atoms with E-state index in [0.717, 1.165) is 30.7 Å². The van der Waals surface area contributed by atoms with Gasteiger partial charge in [-0.2, -0.15) is 0 Å². The third-order valence-corrected chi connectivity index (χ3v) is 8.37. The molecule has 25 heavy (non-hydrogen) atoms. The van der Waals surface area contributed by atoms with Crippen molar-refractivity contribution in [2.75, 3.05) is 34.1 Å². The van der Waals surface area contributed by atoms with Crippen molar-refractivity contribution in [2.45, 2.75) is 69.0 Å². The minimum atomic E-state index is 0.356. The molecule has 0 aromatic heterocycles. The number of rotatable bonds is 2. The fourth-order valence-corrected chi connectivity index (χ4v) is 7.18. The summed E-state index contributed by atoms with van der Waals surface area (Å²) in [6, 6.07) is 0.790. The smallest absolute Gasteiger partial charge is 0.147 e. The van der Waals surface area contributed by atoms with Crippen molar-refractivity contribution >= 4 is 0 Å². The first kappa shape index (κ1) is 16.9. The Balaban J connectivity index is 1.37. The van der Waals surface area contributed by atoms with Crippen LogP contribution in [0.15, 0.2) is 0 Å². The Bertz CT molecular complexity index is 488. The van der Waals surface area contributed by atoms with Crippen molar-refractivity contribution in [3.8, 4) is 0 Å². The fourth-order valence-electron chi connectivity index (χ4n) is 7.18. The van der Waals surface area contributed by atoms with Crippen LogP contribution in [-0.4, -0.2) is 64.6 Å².